The Morgan fingerprint density at radius 2 is 1.82 bits per heavy atom. The Morgan fingerprint density at radius 3 is 2.59 bits per heavy atom. The molecule has 0 bridgehead atoms. The quantitative estimate of drug-likeness (QED) is 0.452. The third-order valence-corrected chi connectivity index (χ3v) is 7.08. The lowest BCUT2D eigenvalue weighted by atomic mass is 10.2. The van der Waals surface area contributed by atoms with Crippen molar-refractivity contribution in [1.29, 1.82) is 0 Å². The van der Waals surface area contributed by atoms with Crippen molar-refractivity contribution in [2.75, 3.05) is 37.1 Å². The van der Waals surface area contributed by atoms with Gasteiger partial charge in [0.15, 0.2) is 16.7 Å². The lowest BCUT2D eigenvalue weighted by molar-refractivity contribution is -0.128. The van der Waals surface area contributed by atoms with Crippen molar-refractivity contribution in [2.24, 2.45) is 0 Å². The number of nitrogens with zero attached hydrogens (tertiary/aromatic N) is 5. The van der Waals surface area contributed by atoms with Crippen molar-refractivity contribution in [2.45, 2.75) is 38.4 Å². The van der Waals surface area contributed by atoms with Gasteiger partial charge in [0.05, 0.1) is 11.4 Å². The molecule has 1 fully saturated rings. The van der Waals surface area contributed by atoms with Crippen LogP contribution in [-0.2, 0) is 11.3 Å². The van der Waals surface area contributed by atoms with Gasteiger partial charge < -0.3 is 19.3 Å². The third-order valence-electron chi connectivity index (χ3n) is 6.17. The molecule has 0 N–H and O–H groups in total. The summed E-state index contributed by atoms with van der Waals surface area (Å²) in [5.41, 5.74) is 3.23. The van der Waals surface area contributed by atoms with Gasteiger partial charge in [0.25, 0.3) is 0 Å². The summed E-state index contributed by atoms with van der Waals surface area (Å²) >= 11 is 1.43. The number of aryl methyl sites for hydroxylation is 1. The predicted octanol–water partition coefficient (Wildman–Crippen LogP) is 4.05. The SMILES string of the molecule is CCN(Cc1ccc2c(c1)OCO2)C(=O)CSc1nnc(N2CCCC2)n1-c1ccc(C)cc1. The molecule has 0 spiro atoms. The zero-order valence-electron chi connectivity index (χ0n) is 19.6. The second kappa shape index (κ2) is 9.97. The second-order valence-corrected chi connectivity index (χ2v) is 9.47. The van der Waals surface area contributed by atoms with Crippen molar-refractivity contribution >= 4 is 23.6 Å². The third kappa shape index (κ3) is 4.70. The number of carbonyl (C=O) groups excluding carboxylic acids is 1. The van der Waals surface area contributed by atoms with Gasteiger partial charge in [-0.2, -0.15) is 0 Å². The van der Waals surface area contributed by atoms with E-state index in [4.69, 9.17) is 9.47 Å². The number of benzene rings is 2. The zero-order chi connectivity index (χ0) is 23.5. The smallest absolute Gasteiger partial charge is 0.233 e. The molecule has 9 heteroatoms. The molecule has 2 aliphatic heterocycles. The van der Waals surface area contributed by atoms with Crippen molar-refractivity contribution < 1.29 is 14.3 Å². The first kappa shape index (κ1) is 22.6. The highest BCUT2D eigenvalue weighted by Gasteiger charge is 2.24. The number of amides is 1. The van der Waals surface area contributed by atoms with E-state index in [1.165, 1.54) is 17.3 Å². The summed E-state index contributed by atoms with van der Waals surface area (Å²) in [6.07, 6.45) is 2.32. The van der Waals surface area contributed by atoms with Crippen LogP contribution in [-0.4, -0.2) is 57.8 Å². The van der Waals surface area contributed by atoms with Crippen molar-refractivity contribution in [3.63, 3.8) is 0 Å². The van der Waals surface area contributed by atoms with Crippen LogP contribution in [0, 0.1) is 6.92 Å². The molecule has 1 aromatic heterocycles. The molecule has 0 unspecified atom stereocenters. The van der Waals surface area contributed by atoms with E-state index in [0.29, 0.717) is 18.8 Å². The minimum Gasteiger partial charge on any atom is -0.454 e. The molecule has 2 aromatic carbocycles. The average Bonchev–Trinajstić information content (AvgIpc) is 3.61. The van der Waals surface area contributed by atoms with E-state index in [2.05, 4.69) is 50.9 Å². The summed E-state index contributed by atoms with van der Waals surface area (Å²) < 4.78 is 12.9. The fourth-order valence-corrected chi connectivity index (χ4v) is 5.10. The fourth-order valence-electron chi connectivity index (χ4n) is 4.25. The number of hydrogen-bond acceptors (Lipinski definition) is 7. The Hall–Kier alpha value is -3.20. The van der Waals surface area contributed by atoms with E-state index in [1.807, 2.05) is 30.0 Å². The van der Waals surface area contributed by atoms with Crippen LogP contribution in [0.1, 0.15) is 30.9 Å². The largest absolute Gasteiger partial charge is 0.454 e. The molecule has 0 aliphatic carbocycles. The lowest BCUT2D eigenvalue weighted by Crippen LogP contribution is -2.31. The maximum absolute atomic E-state index is 13.1. The average molecular weight is 480 g/mol. The first-order chi connectivity index (χ1) is 16.6. The molecule has 2 aliphatic rings. The monoisotopic (exact) mass is 479 g/mol. The Labute approximate surface area is 203 Å². The summed E-state index contributed by atoms with van der Waals surface area (Å²) in [5, 5.41) is 9.72. The van der Waals surface area contributed by atoms with Crippen molar-refractivity contribution in [1.82, 2.24) is 19.7 Å². The molecule has 0 atom stereocenters. The number of fused-ring (bicyclic) bond motifs is 1. The van der Waals surface area contributed by atoms with Gasteiger partial charge in [0, 0.05) is 26.2 Å². The van der Waals surface area contributed by atoms with E-state index < -0.39 is 0 Å². The molecule has 3 aromatic rings. The number of hydrogen-bond donors (Lipinski definition) is 0. The zero-order valence-corrected chi connectivity index (χ0v) is 20.4. The van der Waals surface area contributed by atoms with Gasteiger partial charge in [0.2, 0.25) is 18.6 Å². The normalized spacial score (nSPS) is 14.6. The number of carbonyl (C=O) groups is 1. The molecule has 34 heavy (non-hydrogen) atoms. The van der Waals surface area contributed by atoms with Crippen LogP contribution in [0.15, 0.2) is 47.6 Å². The number of anilines is 1. The highest BCUT2D eigenvalue weighted by Crippen LogP contribution is 2.33. The van der Waals surface area contributed by atoms with Gasteiger partial charge in [-0.05, 0) is 56.5 Å². The minimum absolute atomic E-state index is 0.0614. The van der Waals surface area contributed by atoms with E-state index in [-0.39, 0.29) is 12.7 Å². The Bertz CT molecular complexity index is 1160. The van der Waals surface area contributed by atoms with Crippen LogP contribution >= 0.6 is 11.8 Å². The molecule has 1 saturated heterocycles. The maximum Gasteiger partial charge on any atom is 0.233 e. The molecule has 3 heterocycles. The molecule has 1 amide bonds. The summed E-state index contributed by atoms with van der Waals surface area (Å²) in [5.74, 6) is 2.69. The van der Waals surface area contributed by atoms with Gasteiger partial charge in [-0.1, -0.05) is 35.5 Å². The van der Waals surface area contributed by atoms with Gasteiger partial charge in [0.1, 0.15) is 0 Å². The molecular formula is C25H29N5O3S. The van der Waals surface area contributed by atoms with Gasteiger partial charge in [-0.3, -0.25) is 9.36 Å². The first-order valence-corrected chi connectivity index (χ1v) is 12.7. The van der Waals surface area contributed by atoms with Crippen LogP contribution in [0.25, 0.3) is 5.69 Å². The van der Waals surface area contributed by atoms with Crippen LogP contribution in [0.4, 0.5) is 5.95 Å². The van der Waals surface area contributed by atoms with Crippen LogP contribution in [0.5, 0.6) is 11.5 Å². The highest BCUT2D eigenvalue weighted by molar-refractivity contribution is 7.99. The van der Waals surface area contributed by atoms with Gasteiger partial charge in [-0.15, -0.1) is 10.2 Å². The standard InChI is InChI=1S/C25H29N5O3S/c1-3-28(15-19-8-11-21-22(14-19)33-17-32-21)23(31)16-34-25-27-26-24(29-12-4-5-13-29)30(25)20-9-6-18(2)7-10-20/h6-11,14H,3-5,12-13,15-17H2,1-2H3. The first-order valence-electron chi connectivity index (χ1n) is 11.7. The van der Waals surface area contributed by atoms with E-state index >= 15 is 0 Å². The molecule has 8 nitrogen and oxygen atoms in total. The summed E-state index contributed by atoms with van der Waals surface area (Å²) in [7, 11) is 0. The van der Waals surface area contributed by atoms with Crippen LogP contribution < -0.4 is 14.4 Å². The Morgan fingerprint density at radius 1 is 1.06 bits per heavy atom. The van der Waals surface area contributed by atoms with Crippen LogP contribution in [0.2, 0.25) is 0 Å². The number of rotatable bonds is 8. The topological polar surface area (TPSA) is 72.7 Å². The van der Waals surface area contributed by atoms with Gasteiger partial charge in [-0.25, -0.2) is 0 Å². The van der Waals surface area contributed by atoms with E-state index in [1.54, 1.807) is 0 Å². The molecule has 178 valence electrons. The van der Waals surface area contributed by atoms with E-state index in [0.717, 1.165) is 59.8 Å². The second-order valence-electron chi connectivity index (χ2n) is 8.53. The molecular weight excluding hydrogens is 450 g/mol. The Kier molecular flexibility index (Phi) is 6.62. The minimum atomic E-state index is 0.0614. The number of aromatic nitrogens is 3. The van der Waals surface area contributed by atoms with Crippen LogP contribution in [0.3, 0.4) is 0 Å². The predicted molar refractivity (Wildman–Crippen MR) is 132 cm³/mol. The lowest BCUT2D eigenvalue weighted by Gasteiger charge is -2.21. The van der Waals surface area contributed by atoms with Crippen molar-refractivity contribution in [3.05, 3.63) is 53.6 Å². The highest BCUT2D eigenvalue weighted by atomic mass is 32.2. The number of ether oxygens (including phenoxy) is 2. The molecule has 5 rings (SSSR count). The summed E-state index contributed by atoms with van der Waals surface area (Å²) in [6, 6.07) is 14.2. The van der Waals surface area contributed by atoms with Gasteiger partial charge >= 0.3 is 0 Å². The van der Waals surface area contributed by atoms with E-state index in [9.17, 15) is 4.79 Å². The van der Waals surface area contributed by atoms with Crippen molar-refractivity contribution in [3.8, 4) is 17.2 Å². The Balaban J connectivity index is 1.31. The fraction of sp³-hybridized carbons (Fsp3) is 0.400. The maximum atomic E-state index is 13.1. The summed E-state index contributed by atoms with van der Waals surface area (Å²) in [6.45, 7) is 7.42. The molecule has 0 saturated carbocycles. The number of thioether (sulfide) groups is 1. The summed E-state index contributed by atoms with van der Waals surface area (Å²) in [4.78, 5) is 17.2. The molecule has 0 radical (unpaired) electrons.